The van der Waals surface area contributed by atoms with Crippen molar-refractivity contribution in [3.8, 4) is 0 Å². The van der Waals surface area contributed by atoms with Crippen LogP contribution in [0.1, 0.15) is 82.8 Å². The molecule has 7 heteroatoms. The number of carbonyl (C=O) groups excluding carboxylic acids is 1. The van der Waals surface area contributed by atoms with E-state index in [2.05, 4.69) is 19.2 Å². The topological polar surface area (TPSA) is 83.6 Å². The van der Waals surface area contributed by atoms with Crippen LogP contribution in [-0.4, -0.2) is 40.0 Å². The van der Waals surface area contributed by atoms with Gasteiger partial charge >= 0.3 is 5.97 Å². The second kappa shape index (κ2) is 7.61. The number of aromatic carboxylic acids is 1. The van der Waals surface area contributed by atoms with Gasteiger partial charge in [-0.05, 0) is 18.8 Å². The Kier molecular flexibility index (Phi) is 5.46. The fourth-order valence-electron chi connectivity index (χ4n) is 3.25. The van der Waals surface area contributed by atoms with E-state index in [1.54, 1.807) is 16.2 Å². The van der Waals surface area contributed by atoms with E-state index in [0.717, 1.165) is 23.5 Å². The quantitative estimate of drug-likeness (QED) is 0.848. The molecule has 0 aliphatic carbocycles. The van der Waals surface area contributed by atoms with Crippen LogP contribution in [0.15, 0.2) is 15.9 Å². The number of hydrogen-bond acceptors (Lipinski definition) is 5. The summed E-state index contributed by atoms with van der Waals surface area (Å²) in [7, 11) is 0. The van der Waals surface area contributed by atoms with Gasteiger partial charge in [0.05, 0.1) is 10.7 Å². The first-order valence-electron chi connectivity index (χ1n) is 9.01. The van der Waals surface area contributed by atoms with Crippen molar-refractivity contribution < 1.29 is 19.1 Å². The number of nitrogens with zero attached hydrogens (tertiary/aromatic N) is 2. The zero-order valence-corrected chi connectivity index (χ0v) is 16.1. The van der Waals surface area contributed by atoms with Crippen LogP contribution in [0, 0.1) is 0 Å². The van der Waals surface area contributed by atoms with Gasteiger partial charge in [-0.15, -0.1) is 11.3 Å². The van der Waals surface area contributed by atoms with Gasteiger partial charge in [-0.2, -0.15) is 0 Å². The summed E-state index contributed by atoms with van der Waals surface area (Å²) in [6.45, 7) is 7.30. The number of hydrogen-bond donors (Lipinski definition) is 1. The molecular weight excluding hydrogens is 352 g/mol. The number of rotatable bonds is 5. The highest BCUT2D eigenvalue weighted by Crippen LogP contribution is 2.31. The summed E-state index contributed by atoms with van der Waals surface area (Å²) >= 11 is 1.66. The van der Waals surface area contributed by atoms with Crippen LogP contribution in [0.25, 0.3) is 0 Å². The number of carboxylic acids is 1. The molecule has 3 heterocycles. The number of amides is 1. The van der Waals surface area contributed by atoms with Gasteiger partial charge in [-0.1, -0.05) is 20.8 Å². The Morgan fingerprint density at radius 2 is 2.23 bits per heavy atom. The number of furan rings is 1. The van der Waals surface area contributed by atoms with E-state index >= 15 is 0 Å². The molecule has 2 aromatic heterocycles. The Bertz CT molecular complexity index is 808. The molecule has 1 fully saturated rings. The number of aryl methyl sites for hydroxylation is 1. The third-order valence-electron chi connectivity index (χ3n) is 4.76. The standard InChI is InChI=1S/C19H24N2O4S/c1-4-15-13(19(23)24)8-16(25-15)18(22)21-7-5-6-12(9-21)17-20-14(10-26-17)11(2)3/h8,10-12H,4-7,9H2,1-3H3,(H,23,24). The van der Waals surface area contributed by atoms with Crippen molar-refractivity contribution in [3.05, 3.63) is 39.2 Å². The Balaban J connectivity index is 1.76. The van der Waals surface area contributed by atoms with Crippen molar-refractivity contribution in [2.24, 2.45) is 0 Å². The summed E-state index contributed by atoms with van der Waals surface area (Å²) in [5, 5.41) is 12.4. The Morgan fingerprint density at radius 3 is 2.81 bits per heavy atom. The van der Waals surface area contributed by atoms with Crippen molar-refractivity contribution >= 4 is 23.2 Å². The van der Waals surface area contributed by atoms with Crippen molar-refractivity contribution in [1.29, 1.82) is 0 Å². The summed E-state index contributed by atoms with van der Waals surface area (Å²) in [6.07, 6.45) is 2.35. The van der Waals surface area contributed by atoms with Crippen LogP contribution in [0.5, 0.6) is 0 Å². The van der Waals surface area contributed by atoms with E-state index in [9.17, 15) is 14.7 Å². The number of carboxylic acid groups (broad SMARTS) is 1. The van der Waals surface area contributed by atoms with E-state index in [4.69, 9.17) is 9.40 Å². The van der Waals surface area contributed by atoms with Crippen LogP contribution in [-0.2, 0) is 6.42 Å². The minimum atomic E-state index is -1.06. The molecule has 2 aromatic rings. The first-order chi connectivity index (χ1) is 12.4. The highest BCUT2D eigenvalue weighted by atomic mass is 32.1. The maximum Gasteiger partial charge on any atom is 0.339 e. The monoisotopic (exact) mass is 376 g/mol. The van der Waals surface area contributed by atoms with Crippen molar-refractivity contribution in [2.45, 2.75) is 51.9 Å². The maximum absolute atomic E-state index is 12.8. The predicted octanol–water partition coefficient (Wildman–Crippen LogP) is 4.14. The van der Waals surface area contributed by atoms with Gasteiger partial charge in [0.15, 0.2) is 5.76 Å². The molecule has 0 spiro atoms. The number of carbonyl (C=O) groups is 2. The molecule has 26 heavy (non-hydrogen) atoms. The lowest BCUT2D eigenvalue weighted by atomic mass is 9.98. The van der Waals surface area contributed by atoms with Crippen LogP contribution >= 0.6 is 11.3 Å². The van der Waals surface area contributed by atoms with Gasteiger partial charge in [0.1, 0.15) is 11.3 Å². The summed E-state index contributed by atoms with van der Waals surface area (Å²) in [6, 6.07) is 1.35. The van der Waals surface area contributed by atoms with Gasteiger partial charge in [-0.3, -0.25) is 4.79 Å². The first-order valence-corrected chi connectivity index (χ1v) is 9.89. The van der Waals surface area contributed by atoms with Gasteiger partial charge in [-0.25, -0.2) is 9.78 Å². The minimum absolute atomic E-state index is 0.0749. The van der Waals surface area contributed by atoms with E-state index in [1.807, 2.05) is 6.92 Å². The number of piperidine rings is 1. The molecule has 1 unspecified atom stereocenters. The molecule has 0 saturated carbocycles. The van der Waals surface area contributed by atoms with Gasteiger partial charge < -0.3 is 14.4 Å². The van der Waals surface area contributed by atoms with E-state index in [0.29, 0.717) is 31.2 Å². The normalized spacial score (nSPS) is 17.7. The molecule has 1 aliphatic rings. The molecule has 1 N–H and O–H groups in total. The third-order valence-corrected chi connectivity index (χ3v) is 5.79. The molecule has 0 bridgehead atoms. The van der Waals surface area contributed by atoms with E-state index < -0.39 is 5.97 Å². The van der Waals surface area contributed by atoms with E-state index in [1.165, 1.54) is 6.07 Å². The molecular formula is C19H24N2O4S. The van der Waals surface area contributed by atoms with Gasteiger partial charge in [0, 0.05) is 36.9 Å². The average Bonchev–Trinajstić information content (AvgIpc) is 3.28. The summed E-state index contributed by atoms with van der Waals surface area (Å²) in [5.74, 6) is -0.225. The molecule has 1 amide bonds. The number of likely N-dealkylation sites (tertiary alicyclic amines) is 1. The average molecular weight is 376 g/mol. The Hall–Kier alpha value is -2.15. The van der Waals surface area contributed by atoms with Crippen LogP contribution in [0.2, 0.25) is 0 Å². The minimum Gasteiger partial charge on any atom is -0.478 e. The highest BCUT2D eigenvalue weighted by Gasteiger charge is 2.30. The lowest BCUT2D eigenvalue weighted by Gasteiger charge is -2.31. The molecule has 1 aliphatic heterocycles. The maximum atomic E-state index is 12.8. The van der Waals surface area contributed by atoms with E-state index in [-0.39, 0.29) is 23.1 Å². The Morgan fingerprint density at radius 1 is 1.46 bits per heavy atom. The number of thiazole rings is 1. The third kappa shape index (κ3) is 3.67. The second-order valence-corrected chi connectivity index (χ2v) is 7.85. The molecule has 6 nitrogen and oxygen atoms in total. The fourth-order valence-corrected chi connectivity index (χ4v) is 4.36. The van der Waals surface area contributed by atoms with Crippen LogP contribution in [0.4, 0.5) is 0 Å². The fraction of sp³-hybridized carbons (Fsp3) is 0.526. The van der Waals surface area contributed by atoms with Gasteiger partial charge in [0.25, 0.3) is 5.91 Å². The smallest absolute Gasteiger partial charge is 0.339 e. The largest absolute Gasteiger partial charge is 0.478 e. The van der Waals surface area contributed by atoms with Crippen LogP contribution in [0.3, 0.4) is 0 Å². The predicted molar refractivity (Wildman–Crippen MR) is 99.1 cm³/mol. The molecule has 140 valence electrons. The zero-order valence-electron chi connectivity index (χ0n) is 15.3. The second-order valence-electron chi connectivity index (χ2n) is 6.96. The number of aromatic nitrogens is 1. The zero-order chi connectivity index (χ0) is 18.8. The molecule has 1 saturated heterocycles. The lowest BCUT2D eigenvalue weighted by Crippen LogP contribution is -2.39. The molecule has 0 aromatic carbocycles. The highest BCUT2D eigenvalue weighted by molar-refractivity contribution is 7.09. The van der Waals surface area contributed by atoms with Gasteiger partial charge in [0.2, 0.25) is 0 Å². The SMILES string of the molecule is CCc1oc(C(=O)N2CCCC(c3nc(C(C)C)cs3)C2)cc1C(=O)O. The van der Waals surface area contributed by atoms with Crippen molar-refractivity contribution in [3.63, 3.8) is 0 Å². The first kappa shape index (κ1) is 18.6. The Labute approximate surface area is 156 Å². The molecule has 1 atom stereocenters. The summed E-state index contributed by atoms with van der Waals surface area (Å²) < 4.78 is 5.53. The summed E-state index contributed by atoms with van der Waals surface area (Å²) in [4.78, 5) is 30.6. The van der Waals surface area contributed by atoms with Crippen LogP contribution < -0.4 is 0 Å². The molecule has 0 radical (unpaired) electrons. The summed E-state index contributed by atoms with van der Waals surface area (Å²) in [5.41, 5.74) is 1.17. The lowest BCUT2D eigenvalue weighted by molar-refractivity contribution is 0.0669. The van der Waals surface area contributed by atoms with Crippen molar-refractivity contribution in [2.75, 3.05) is 13.1 Å². The molecule has 3 rings (SSSR count). The van der Waals surface area contributed by atoms with Crippen molar-refractivity contribution in [1.82, 2.24) is 9.88 Å².